The van der Waals surface area contributed by atoms with Crippen LogP contribution in [0.5, 0.6) is 0 Å². The first-order valence-electron chi connectivity index (χ1n) is 7.63. The minimum atomic E-state index is -0.210. The third-order valence-electron chi connectivity index (χ3n) is 4.33. The zero-order valence-corrected chi connectivity index (χ0v) is 12.1. The molecule has 112 valence electrons. The number of aliphatic hydroxyl groups is 1. The molecule has 1 unspecified atom stereocenters. The number of halogens is 1. The fourth-order valence-electron chi connectivity index (χ4n) is 3.28. The van der Waals surface area contributed by atoms with Crippen LogP contribution in [0.3, 0.4) is 0 Å². The fraction of sp³-hybridized carbons (Fsp3) is 0.471. The Labute approximate surface area is 124 Å². The van der Waals surface area contributed by atoms with Crippen LogP contribution in [0.4, 0.5) is 4.39 Å². The third-order valence-corrected chi connectivity index (χ3v) is 4.33. The molecule has 2 heterocycles. The summed E-state index contributed by atoms with van der Waals surface area (Å²) in [6.45, 7) is 3.13. The highest BCUT2D eigenvalue weighted by atomic mass is 19.1. The predicted octanol–water partition coefficient (Wildman–Crippen LogP) is 2.97. The monoisotopic (exact) mass is 288 g/mol. The standard InChI is InChI=1S/C17H21FN2O/c18-16-6-5-14(17-15(16)4-1-8-19-17)12-20-9-2-3-13(11-20)7-10-21/h1,4-6,8,13,21H,2-3,7,9-12H2. The van der Waals surface area contributed by atoms with Crippen LogP contribution < -0.4 is 0 Å². The number of benzene rings is 1. The van der Waals surface area contributed by atoms with Gasteiger partial charge < -0.3 is 5.11 Å². The van der Waals surface area contributed by atoms with E-state index in [4.69, 9.17) is 5.11 Å². The van der Waals surface area contributed by atoms with Crippen LogP contribution in [0, 0.1) is 11.7 Å². The highest BCUT2D eigenvalue weighted by Crippen LogP contribution is 2.24. The van der Waals surface area contributed by atoms with E-state index in [1.165, 1.54) is 12.5 Å². The Balaban J connectivity index is 1.80. The summed E-state index contributed by atoms with van der Waals surface area (Å²) in [4.78, 5) is 6.75. The van der Waals surface area contributed by atoms with Gasteiger partial charge in [-0.05, 0) is 55.5 Å². The second kappa shape index (κ2) is 6.50. The van der Waals surface area contributed by atoms with Gasteiger partial charge in [-0.1, -0.05) is 6.07 Å². The summed E-state index contributed by atoms with van der Waals surface area (Å²) >= 11 is 0. The number of likely N-dealkylation sites (tertiary alicyclic amines) is 1. The molecule has 0 aliphatic carbocycles. The summed E-state index contributed by atoms with van der Waals surface area (Å²) in [7, 11) is 0. The van der Waals surface area contributed by atoms with E-state index >= 15 is 0 Å². The summed E-state index contributed by atoms with van der Waals surface area (Å²) in [5, 5.41) is 9.69. The highest BCUT2D eigenvalue weighted by Gasteiger charge is 2.20. The molecule has 1 atom stereocenters. The van der Waals surface area contributed by atoms with E-state index in [1.54, 1.807) is 18.3 Å². The number of pyridine rings is 1. The van der Waals surface area contributed by atoms with Gasteiger partial charge in [0.1, 0.15) is 5.82 Å². The Bertz CT molecular complexity index is 615. The molecule has 1 saturated heterocycles. The van der Waals surface area contributed by atoms with Gasteiger partial charge in [-0.15, -0.1) is 0 Å². The molecular weight excluding hydrogens is 267 g/mol. The van der Waals surface area contributed by atoms with E-state index in [1.807, 2.05) is 6.07 Å². The molecule has 3 nitrogen and oxygen atoms in total. The Morgan fingerprint density at radius 2 is 2.24 bits per heavy atom. The van der Waals surface area contributed by atoms with Crippen molar-refractivity contribution < 1.29 is 9.50 Å². The number of rotatable bonds is 4. The second-order valence-electron chi connectivity index (χ2n) is 5.86. The maximum Gasteiger partial charge on any atom is 0.132 e. The SMILES string of the molecule is OCCC1CCCN(Cc2ccc(F)c3cccnc23)C1. The third kappa shape index (κ3) is 3.22. The largest absolute Gasteiger partial charge is 0.396 e. The summed E-state index contributed by atoms with van der Waals surface area (Å²) in [5.41, 5.74) is 1.85. The Kier molecular flexibility index (Phi) is 4.46. The molecule has 21 heavy (non-hydrogen) atoms. The first kappa shape index (κ1) is 14.4. The van der Waals surface area contributed by atoms with Crippen molar-refractivity contribution in [3.05, 3.63) is 41.8 Å². The second-order valence-corrected chi connectivity index (χ2v) is 5.86. The van der Waals surface area contributed by atoms with Crippen molar-refractivity contribution >= 4 is 10.9 Å². The first-order valence-corrected chi connectivity index (χ1v) is 7.63. The zero-order valence-electron chi connectivity index (χ0n) is 12.1. The van der Waals surface area contributed by atoms with E-state index in [0.717, 1.165) is 43.6 Å². The van der Waals surface area contributed by atoms with Crippen molar-refractivity contribution in [2.75, 3.05) is 19.7 Å². The van der Waals surface area contributed by atoms with Gasteiger partial charge in [-0.3, -0.25) is 9.88 Å². The number of hydrogen-bond acceptors (Lipinski definition) is 3. The molecular formula is C17H21FN2O. The fourth-order valence-corrected chi connectivity index (χ4v) is 3.28. The summed E-state index contributed by atoms with van der Waals surface area (Å²) in [6.07, 6.45) is 4.95. The molecule has 0 amide bonds. The molecule has 4 heteroatoms. The van der Waals surface area contributed by atoms with Crippen molar-refractivity contribution in [3.8, 4) is 0 Å². The van der Waals surface area contributed by atoms with Gasteiger partial charge in [0.25, 0.3) is 0 Å². The van der Waals surface area contributed by atoms with Crippen LogP contribution >= 0.6 is 0 Å². The van der Waals surface area contributed by atoms with Gasteiger partial charge in [0.15, 0.2) is 0 Å². The van der Waals surface area contributed by atoms with Crippen molar-refractivity contribution in [2.45, 2.75) is 25.8 Å². The number of piperidine rings is 1. The molecule has 0 saturated carbocycles. The van der Waals surface area contributed by atoms with Crippen molar-refractivity contribution in [3.63, 3.8) is 0 Å². The molecule has 2 aromatic rings. The van der Waals surface area contributed by atoms with Crippen LogP contribution in [0.15, 0.2) is 30.5 Å². The van der Waals surface area contributed by atoms with Gasteiger partial charge in [-0.25, -0.2) is 4.39 Å². The van der Waals surface area contributed by atoms with Gasteiger partial charge in [-0.2, -0.15) is 0 Å². The van der Waals surface area contributed by atoms with E-state index in [2.05, 4.69) is 9.88 Å². The first-order chi connectivity index (χ1) is 10.3. The van der Waals surface area contributed by atoms with Gasteiger partial charge in [0.05, 0.1) is 5.52 Å². The molecule has 1 aliphatic heterocycles. The van der Waals surface area contributed by atoms with E-state index in [9.17, 15) is 4.39 Å². The Morgan fingerprint density at radius 3 is 3.10 bits per heavy atom. The van der Waals surface area contributed by atoms with Gasteiger partial charge in [0.2, 0.25) is 0 Å². The van der Waals surface area contributed by atoms with E-state index in [0.29, 0.717) is 11.3 Å². The molecule has 1 N–H and O–H groups in total. The lowest BCUT2D eigenvalue weighted by Gasteiger charge is -2.32. The molecule has 0 bridgehead atoms. The average Bonchev–Trinajstić information content (AvgIpc) is 2.51. The number of fused-ring (bicyclic) bond motifs is 1. The van der Waals surface area contributed by atoms with Crippen molar-refractivity contribution in [2.24, 2.45) is 5.92 Å². The number of aliphatic hydroxyl groups excluding tert-OH is 1. The maximum atomic E-state index is 13.8. The number of aromatic nitrogens is 1. The molecule has 1 aromatic heterocycles. The highest BCUT2D eigenvalue weighted by molar-refractivity contribution is 5.82. The van der Waals surface area contributed by atoms with E-state index in [-0.39, 0.29) is 12.4 Å². The number of hydrogen-bond donors (Lipinski definition) is 1. The molecule has 1 aromatic carbocycles. The van der Waals surface area contributed by atoms with Crippen LogP contribution in [-0.4, -0.2) is 34.7 Å². The summed E-state index contributed by atoms with van der Waals surface area (Å²) < 4.78 is 13.8. The van der Waals surface area contributed by atoms with Crippen LogP contribution in [0.2, 0.25) is 0 Å². The number of nitrogens with zero attached hydrogens (tertiary/aromatic N) is 2. The predicted molar refractivity (Wildman–Crippen MR) is 81.4 cm³/mol. The Hall–Kier alpha value is -1.52. The Morgan fingerprint density at radius 1 is 1.33 bits per heavy atom. The molecule has 0 spiro atoms. The zero-order chi connectivity index (χ0) is 14.7. The molecule has 1 aliphatic rings. The minimum Gasteiger partial charge on any atom is -0.396 e. The van der Waals surface area contributed by atoms with E-state index < -0.39 is 0 Å². The lowest BCUT2D eigenvalue weighted by Crippen LogP contribution is -2.35. The summed E-state index contributed by atoms with van der Waals surface area (Å²) in [5.74, 6) is 0.363. The molecule has 0 radical (unpaired) electrons. The molecule has 1 fully saturated rings. The lowest BCUT2D eigenvalue weighted by molar-refractivity contribution is 0.143. The van der Waals surface area contributed by atoms with Crippen LogP contribution in [0.1, 0.15) is 24.8 Å². The smallest absolute Gasteiger partial charge is 0.132 e. The average molecular weight is 288 g/mol. The van der Waals surface area contributed by atoms with Crippen molar-refractivity contribution in [1.82, 2.24) is 9.88 Å². The quantitative estimate of drug-likeness (QED) is 0.939. The lowest BCUT2D eigenvalue weighted by atomic mass is 9.94. The summed E-state index contributed by atoms with van der Waals surface area (Å²) in [6, 6.07) is 6.94. The normalized spacial score (nSPS) is 20.0. The molecule has 3 rings (SSSR count). The van der Waals surface area contributed by atoms with Crippen molar-refractivity contribution in [1.29, 1.82) is 0 Å². The van der Waals surface area contributed by atoms with Gasteiger partial charge >= 0.3 is 0 Å². The van der Waals surface area contributed by atoms with Crippen LogP contribution in [0.25, 0.3) is 10.9 Å². The minimum absolute atomic E-state index is 0.210. The van der Waals surface area contributed by atoms with Gasteiger partial charge in [0, 0.05) is 31.3 Å². The van der Waals surface area contributed by atoms with Crippen LogP contribution in [-0.2, 0) is 6.54 Å². The maximum absolute atomic E-state index is 13.8. The topological polar surface area (TPSA) is 36.4 Å².